The van der Waals surface area contributed by atoms with Crippen LogP contribution >= 0.6 is 0 Å². The standard InChI is InChI=1S/C5H5NO3S/c7-10(8)9-5-3-1-2-4-6-5/h1-4,10H. The van der Waals surface area contributed by atoms with Crippen LogP contribution in [-0.2, 0) is 11.0 Å². The van der Waals surface area contributed by atoms with Crippen LogP contribution in [0.25, 0.3) is 0 Å². The van der Waals surface area contributed by atoms with Gasteiger partial charge >= 0.3 is 11.0 Å². The van der Waals surface area contributed by atoms with Crippen molar-refractivity contribution < 1.29 is 12.6 Å². The summed E-state index contributed by atoms with van der Waals surface area (Å²) in [7, 11) is -2.84. The van der Waals surface area contributed by atoms with Crippen molar-refractivity contribution in [1.82, 2.24) is 4.98 Å². The second-order valence-electron chi connectivity index (χ2n) is 1.48. The van der Waals surface area contributed by atoms with Gasteiger partial charge in [-0.1, -0.05) is 6.07 Å². The lowest BCUT2D eigenvalue weighted by Crippen LogP contribution is -1.90. The molecule has 0 bridgehead atoms. The molecule has 0 amide bonds. The number of thiol groups is 1. The van der Waals surface area contributed by atoms with Crippen molar-refractivity contribution in [3.8, 4) is 5.88 Å². The van der Waals surface area contributed by atoms with Crippen LogP contribution in [0.2, 0.25) is 0 Å². The van der Waals surface area contributed by atoms with Crippen LogP contribution < -0.4 is 4.18 Å². The first kappa shape index (κ1) is 7.01. The first-order valence-electron chi connectivity index (χ1n) is 2.52. The van der Waals surface area contributed by atoms with Gasteiger partial charge in [0.15, 0.2) is 0 Å². The molecule has 54 valence electrons. The molecule has 0 aliphatic heterocycles. The molecule has 0 atom stereocenters. The Morgan fingerprint density at radius 2 is 2.20 bits per heavy atom. The Hall–Kier alpha value is -1.10. The van der Waals surface area contributed by atoms with Gasteiger partial charge in [0, 0.05) is 12.3 Å². The Balaban J connectivity index is 2.77. The van der Waals surface area contributed by atoms with E-state index in [0.717, 1.165) is 0 Å². The fourth-order valence-corrected chi connectivity index (χ4v) is 0.738. The summed E-state index contributed by atoms with van der Waals surface area (Å²) < 4.78 is 24.1. The van der Waals surface area contributed by atoms with Crippen LogP contribution in [0.3, 0.4) is 0 Å². The largest absolute Gasteiger partial charge is 0.364 e. The first-order chi connectivity index (χ1) is 4.79. The molecule has 1 aromatic rings. The van der Waals surface area contributed by atoms with Gasteiger partial charge in [-0.25, -0.2) is 4.98 Å². The van der Waals surface area contributed by atoms with E-state index in [0.29, 0.717) is 0 Å². The minimum Gasteiger partial charge on any atom is -0.364 e. The Bertz CT molecular complexity index is 261. The number of hydrogen-bond donors (Lipinski definition) is 1. The number of hydrogen-bond acceptors (Lipinski definition) is 4. The Morgan fingerprint density at radius 3 is 2.70 bits per heavy atom. The van der Waals surface area contributed by atoms with Crippen LogP contribution in [0.1, 0.15) is 0 Å². The molecule has 0 unspecified atom stereocenters. The summed E-state index contributed by atoms with van der Waals surface area (Å²) in [6.07, 6.45) is 1.45. The highest BCUT2D eigenvalue weighted by Crippen LogP contribution is 2.01. The van der Waals surface area contributed by atoms with Gasteiger partial charge in [0.1, 0.15) is 0 Å². The topological polar surface area (TPSA) is 56.3 Å². The van der Waals surface area contributed by atoms with Gasteiger partial charge in [-0.2, -0.15) is 8.42 Å². The van der Waals surface area contributed by atoms with E-state index in [4.69, 9.17) is 0 Å². The van der Waals surface area contributed by atoms with E-state index in [2.05, 4.69) is 9.17 Å². The molecule has 1 rings (SSSR count). The number of aromatic nitrogens is 1. The molecule has 0 spiro atoms. The average molecular weight is 159 g/mol. The molecule has 0 radical (unpaired) electrons. The summed E-state index contributed by atoms with van der Waals surface area (Å²) in [5, 5.41) is 0. The van der Waals surface area contributed by atoms with Gasteiger partial charge in [0.2, 0.25) is 5.88 Å². The van der Waals surface area contributed by atoms with Gasteiger partial charge in [0.05, 0.1) is 0 Å². The van der Waals surface area contributed by atoms with E-state index in [1.165, 1.54) is 12.3 Å². The molecule has 0 aliphatic carbocycles. The molecule has 0 saturated heterocycles. The summed E-state index contributed by atoms with van der Waals surface area (Å²) >= 11 is 0. The van der Waals surface area contributed by atoms with E-state index < -0.39 is 11.0 Å². The van der Waals surface area contributed by atoms with Crippen molar-refractivity contribution in [3.05, 3.63) is 24.4 Å². The van der Waals surface area contributed by atoms with Crippen LogP contribution in [0, 0.1) is 0 Å². The minimum atomic E-state index is -2.84. The molecule has 0 N–H and O–H groups in total. The quantitative estimate of drug-likeness (QED) is 0.616. The van der Waals surface area contributed by atoms with E-state index in [-0.39, 0.29) is 5.88 Å². The average Bonchev–Trinajstić information content (AvgIpc) is 1.88. The van der Waals surface area contributed by atoms with Gasteiger partial charge < -0.3 is 4.18 Å². The van der Waals surface area contributed by atoms with E-state index in [9.17, 15) is 8.42 Å². The maximum absolute atomic E-state index is 9.94. The molecule has 4 nitrogen and oxygen atoms in total. The summed E-state index contributed by atoms with van der Waals surface area (Å²) in [4.78, 5) is 3.61. The highest BCUT2D eigenvalue weighted by Gasteiger charge is 1.90. The number of nitrogens with zero attached hydrogens (tertiary/aromatic N) is 1. The van der Waals surface area contributed by atoms with Crippen LogP contribution in [-0.4, -0.2) is 13.4 Å². The molecule has 0 aliphatic rings. The molecule has 1 aromatic heterocycles. The Morgan fingerprint density at radius 1 is 1.40 bits per heavy atom. The van der Waals surface area contributed by atoms with Crippen LogP contribution in [0.5, 0.6) is 5.88 Å². The van der Waals surface area contributed by atoms with Gasteiger partial charge in [0.25, 0.3) is 0 Å². The van der Waals surface area contributed by atoms with Crippen LogP contribution in [0.15, 0.2) is 24.4 Å². The van der Waals surface area contributed by atoms with Crippen molar-refractivity contribution in [3.63, 3.8) is 0 Å². The molecule has 1 heterocycles. The lowest BCUT2D eigenvalue weighted by atomic mass is 10.5. The van der Waals surface area contributed by atoms with Crippen molar-refractivity contribution in [1.29, 1.82) is 0 Å². The predicted octanol–water partition coefficient (Wildman–Crippen LogP) is -0.0132. The summed E-state index contributed by atoms with van der Waals surface area (Å²) in [5.74, 6) is 0.0959. The van der Waals surface area contributed by atoms with Crippen LogP contribution in [0.4, 0.5) is 0 Å². The van der Waals surface area contributed by atoms with E-state index in [1.54, 1.807) is 12.1 Å². The predicted molar refractivity (Wildman–Crippen MR) is 35.2 cm³/mol. The molecule has 10 heavy (non-hydrogen) atoms. The molecular formula is C5H5NO3S. The van der Waals surface area contributed by atoms with Gasteiger partial charge in [-0.05, 0) is 6.07 Å². The third-order valence-electron chi connectivity index (χ3n) is 0.806. The van der Waals surface area contributed by atoms with Crippen molar-refractivity contribution in [2.75, 3.05) is 0 Å². The lowest BCUT2D eigenvalue weighted by molar-refractivity contribution is 0.500. The van der Waals surface area contributed by atoms with Crippen molar-refractivity contribution in [2.24, 2.45) is 0 Å². The maximum atomic E-state index is 9.94. The molecule has 5 heteroatoms. The minimum absolute atomic E-state index is 0.0959. The zero-order valence-corrected chi connectivity index (χ0v) is 5.82. The maximum Gasteiger partial charge on any atom is 0.300 e. The fraction of sp³-hybridized carbons (Fsp3) is 0. The SMILES string of the molecule is O=[SH](=O)Oc1ccccn1. The normalized spacial score (nSPS) is 9.70. The third-order valence-corrected chi connectivity index (χ3v) is 1.14. The Kier molecular flexibility index (Phi) is 2.22. The summed E-state index contributed by atoms with van der Waals surface area (Å²) in [6, 6.07) is 4.77. The highest BCUT2D eigenvalue weighted by atomic mass is 32.2. The molecular weight excluding hydrogens is 154 g/mol. The molecule has 0 fully saturated rings. The van der Waals surface area contributed by atoms with Crippen molar-refractivity contribution in [2.45, 2.75) is 0 Å². The second-order valence-corrected chi connectivity index (χ2v) is 2.11. The lowest BCUT2D eigenvalue weighted by Gasteiger charge is -1.91. The Labute approximate surface area is 59.6 Å². The van der Waals surface area contributed by atoms with E-state index in [1.807, 2.05) is 0 Å². The van der Waals surface area contributed by atoms with Gasteiger partial charge in [-0.3, -0.25) is 0 Å². The summed E-state index contributed by atoms with van der Waals surface area (Å²) in [6.45, 7) is 0. The second kappa shape index (κ2) is 3.17. The fourth-order valence-electron chi connectivity index (χ4n) is 0.477. The highest BCUT2D eigenvalue weighted by molar-refractivity contribution is 7.67. The van der Waals surface area contributed by atoms with Crippen molar-refractivity contribution >= 4 is 11.0 Å². The third kappa shape index (κ3) is 2.02. The monoisotopic (exact) mass is 159 g/mol. The van der Waals surface area contributed by atoms with Gasteiger partial charge in [-0.15, -0.1) is 0 Å². The zero-order valence-electron chi connectivity index (χ0n) is 4.93. The summed E-state index contributed by atoms with van der Waals surface area (Å²) in [5.41, 5.74) is 0. The first-order valence-corrected chi connectivity index (χ1v) is 3.62. The molecule has 0 aromatic carbocycles. The van der Waals surface area contributed by atoms with E-state index >= 15 is 0 Å². The smallest absolute Gasteiger partial charge is 0.300 e. The number of rotatable bonds is 2. The molecule has 0 saturated carbocycles. The number of pyridine rings is 1. The zero-order chi connectivity index (χ0) is 7.40.